The Hall–Kier alpha value is -3.35. The van der Waals surface area contributed by atoms with Crippen LogP contribution in [0.2, 0.25) is 0 Å². The minimum Gasteiger partial charge on any atom is -0.481 e. The van der Waals surface area contributed by atoms with E-state index < -0.39 is 23.5 Å². The average Bonchev–Trinajstić information content (AvgIpc) is 3.47. The van der Waals surface area contributed by atoms with Crippen LogP contribution in [-0.2, 0) is 14.3 Å². The van der Waals surface area contributed by atoms with Crippen molar-refractivity contribution < 1.29 is 24.2 Å². The van der Waals surface area contributed by atoms with E-state index in [4.69, 9.17) is 4.74 Å². The third kappa shape index (κ3) is 4.28. The zero-order valence-corrected chi connectivity index (χ0v) is 20.4. The third-order valence-electron chi connectivity index (χ3n) is 7.81. The molecule has 2 aliphatic carbocycles. The van der Waals surface area contributed by atoms with Gasteiger partial charge in [-0.05, 0) is 45.9 Å². The molecular formula is C28H32N2O5. The summed E-state index contributed by atoms with van der Waals surface area (Å²) in [6, 6.07) is 15.5. The fourth-order valence-corrected chi connectivity index (χ4v) is 5.89. The number of alkyl carbamates (subject to hydrolysis) is 1. The second-order valence-electron chi connectivity index (χ2n) is 11.0. The van der Waals surface area contributed by atoms with Crippen LogP contribution in [0, 0.1) is 23.2 Å². The summed E-state index contributed by atoms with van der Waals surface area (Å²) in [5.41, 5.74) is 4.04. The van der Waals surface area contributed by atoms with Crippen molar-refractivity contribution in [2.45, 2.75) is 39.2 Å². The Labute approximate surface area is 205 Å². The van der Waals surface area contributed by atoms with Gasteiger partial charge < -0.3 is 20.1 Å². The van der Waals surface area contributed by atoms with Crippen LogP contribution in [0.15, 0.2) is 48.5 Å². The van der Waals surface area contributed by atoms with E-state index in [1.54, 1.807) is 4.90 Å². The van der Waals surface area contributed by atoms with Gasteiger partial charge in [-0.1, -0.05) is 69.3 Å². The van der Waals surface area contributed by atoms with Crippen LogP contribution >= 0.6 is 0 Å². The van der Waals surface area contributed by atoms with Crippen LogP contribution in [-0.4, -0.2) is 53.7 Å². The molecule has 4 atom stereocenters. The number of carbonyl (C=O) groups excluding carboxylic acids is 2. The monoisotopic (exact) mass is 476 g/mol. The summed E-state index contributed by atoms with van der Waals surface area (Å²) in [5.74, 6) is -1.19. The molecule has 2 fully saturated rings. The molecule has 0 aromatic heterocycles. The number of likely N-dealkylation sites (tertiary alicyclic amines) is 1. The Bertz CT molecular complexity index is 1120. The number of amides is 2. The van der Waals surface area contributed by atoms with Crippen LogP contribution in [0.3, 0.4) is 0 Å². The van der Waals surface area contributed by atoms with Crippen LogP contribution in [0.25, 0.3) is 11.1 Å². The van der Waals surface area contributed by atoms with Gasteiger partial charge in [-0.15, -0.1) is 0 Å². The van der Waals surface area contributed by atoms with Crippen molar-refractivity contribution in [3.05, 3.63) is 59.7 Å². The second-order valence-corrected chi connectivity index (χ2v) is 11.0. The number of rotatable bonds is 5. The van der Waals surface area contributed by atoms with E-state index in [9.17, 15) is 19.5 Å². The molecule has 3 aliphatic rings. The lowest BCUT2D eigenvalue weighted by molar-refractivity contribution is -0.140. The van der Waals surface area contributed by atoms with Gasteiger partial charge in [0.1, 0.15) is 12.6 Å². The van der Waals surface area contributed by atoms with Gasteiger partial charge in [0.25, 0.3) is 0 Å². The summed E-state index contributed by atoms with van der Waals surface area (Å²) in [6.45, 7) is 6.84. The molecule has 1 unspecified atom stereocenters. The number of carbonyl (C=O) groups is 3. The van der Waals surface area contributed by atoms with Crippen molar-refractivity contribution in [3.8, 4) is 11.1 Å². The highest BCUT2D eigenvalue weighted by Gasteiger charge is 2.58. The lowest BCUT2D eigenvalue weighted by Crippen LogP contribution is -2.56. The molecule has 1 saturated carbocycles. The lowest BCUT2D eigenvalue weighted by atomic mass is 9.85. The second kappa shape index (κ2) is 8.70. The van der Waals surface area contributed by atoms with Gasteiger partial charge in [0.15, 0.2) is 0 Å². The topological polar surface area (TPSA) is 95.9 Å². The lowest BCUT2D eigenvalue weighted by Gasteiger charge is -2.36. The normalized spacial score (nSPS) is 23.5. The molecule has 7 nitrogen and oxygen atoms in total. The van der Waals surface area contributed by atoms with Crippen LogP contribution in [0.1, 0.15) is 44.2 Å². The Morgan fingerprint density at radius 3 is 2.20 bits per heavy atom. The molecule has 35 heavy (non-hydrogen) atoms. The number of hydrogen-bond donors (Lipinski definition) is 2. The fraction of sp³-hybridized carbons (Fsp3) is 0.464. The number of aliphatic carboxylic acids is 1. The molecule has 5 rings (SSSR count). The first-order valence-electron chi connectivity index (χ1n) is 12.3. The molecule has 2 amide bonds. The van der Waals surface area contributed by atoms with Gasteiger partial charge in [-0.2, -0.15) is 0 Å². The predicted octanol–water partition coefficient (Wildman–Crippen LogP) is 4.12. The third-order valence-corrected chi connectivity index (χ3v) is 7.81. The van der Waals surface area contributed by atoms with Crippen LogP contribution in [0.4, 0.5) is 4.79 Å². The largest absolute Gasteiger partial charge is 0.481 e. The van der Waals surface area contributed by atoms with Crippen molar-refractivity contribution in [1.29, 1.82) is 0 Å². The Balaban J connectivity index is 1.25. The summed E-state index contributed by atoms with van der Waals surface area (Å²) in [6.07, 6.45) is 0.0692. The number of nitrogens with zero attached hydrogens (tertiary/aromatic N) is 1. The molecule has 2 aromatic rings. The number of ether oxygens (including phenoxy) is 1. The standard InChI is InChI=1S/C28H32N2O5/c1-28(2,3)24(25(31)30-13-12-20-21(14-30)23(20)26(32)33)29-27(34)35-15-22-18-10-6-4-8-16(18)17-9-5-7-11-19(17)22/h4-11,20-24H,12-15H2,1-3H3,(H,29,34)(H,32,33)/t20-,21+,23?,24+/m1/s1. The first-order valence-corrected chi connectivity index (χ1v) is 12.3. The van der Waals surface area contributed by atoms with E-state index in [-0.39, 0.29) is 36.2 Å². The molecule has 184 valence electrons. The summed E-state index contributed by atoms with van der Waals surface area (Å²) < 4.78 is 5.68. The summed E-state index contributed by atoms with van der Waals surface area (Å²) in [7, 11) is 0. The highest BCUT2D eigenvalue weighted by molar-refractivity contribution is 5.87. The first-order chi connectivity index (χ1) is 16.7. The van der Waals surface area contributed by atoms with Crippen LogP contribution in [0.5, 0.6) is 0 Å². The maximum Gasteiger partial charge on any atom is 0.407 e. The predicted molar refractivity (Wildman–Crippen MR) is 131 cm³/mol. The maximum atomic E-state index is 13.4. The number of nitrogens with one attached hydrogen (secondary N) is 1. The molecule has 2 aromatic carbocycles. The van der Waals surface area contributed by atoms with E-state index in [1.165, 1.54) is 0 Å². The molecule has 2 N–H and O–H groups in total. The molecule has 7 heteroatoms. The number of carboxylic acids is 1. The summed E-state index contributed by atoms with van der Waals surface area (Å²) in [5, 5.41) is 12.2. The van der Waals surface area contributed by atoms with Crippen molar-refractivity contribution in [3.63, 3.8) is 0 Å². The van der Waals surface area contributed by atoms with E-state index >= 15 is 0 Å². The molecule has 0 spiro atoms. The van der Waals surface area contributed by atoms with E-state index in [0.717, 1.165) is 22.3 Å². The van der Waals surface area contributed by atoms with Crippen molar-refractivity contribution in [2.24, 2.45) is 23.2 Å². The van der Waals surface area contributed by atoms with Gasteiger partial charge in [0.2, 0.25) is 5.91 Å². The van der Waals surface area contributed by atoms with Gasteiger partial charge in [-0.3, -0.25) is 9.59 Å². The number of hydrogen-bond acceptors (Lipinski definition) is 4. The SMILES string of the molecule is CC(C)(C)[C@@H](NC(=O)OCC1c2ccccc2-c2ccccc21)C(=O)N1CC[C@H]2C(C(=O)O)[C@H]2C1. The average molecular weight is 477 g/mol. The Kier molecular flexibility index (Phi) is 5.82. The van der Waals surface area contributed by atoms with Gasteiger partial charge >= 0.3 is 12.1 Å². The number of carboxylic acid groups (broad SMARTS) is 1. The quantitative estimate of drug-likeness (QED) is 0.677. The molecule has 0 radical (unpaired) electrons. The van der Waals surface area contributed by atoms with Crippen molar-refractivity contribution in [2.75, 3.05) is 19.7 Å². The minimum atomic E-state index is -0.779. The summed E-state index contributed by atoms with van der Waals surface area (Å²) >= 11 is 0. The zero-order chi connectivity index (χ0) is 24.9. The van der Waals surface area contributed by atoms with E-state index in [1.807, 2.05) is 45.0 Å². The zero-order valence-electron chi connectivity index (χ0n) is 20.4. The fourth-order valence-electron chi connectivity index (χ4n) is 5.89. The smallest absolute Gasteiger partial charge is 0.407 e. The molecule has 1 aliphatic heterocycles. The van der Waals surface area contributed by atoms with Gasteiger partial charge in [0.05, 0.1) is 5.92 Å². The molecular weight excluding hydrogens is 444 g/mol. The summed E-state index contributed by atoms with van der Waals surface area (Å²) in [4.78, 5) is 39.4. The molecule has 1 saturated heterocycles. The van der Waals surface area contributed by atoms with Gasteiger partial charge in [-0.25, -0.2) is 4.79 Å². The minimum absolute atomic E-state index is 0.0141. The Morgan fingerprint density at radius 1 is 1.03 bits per heavy atom. The highest BCUT2D eigenvalue weighted by atomic mass is 16.5. The van der Waals surface area contributed by atoms with Gasteiger partial charge in [0, 0.05) is 19.0 Å². The number of fused-ring (bicyclic) bond motifs is 4. The number of benzene rings is 2. The maximum absolute atomic E-state index is 13.4. The molecule has 0 bridgehead atoms. The van der Waals surface area contributed by atoms with Crippen LogP contribution < -0.4 is 5.32 Å². The molecule has 1 heterocycles. The van der Waals surface area contributed by atoms with Crippen molar-refractivity contribution >= 4 is 18.0 Å². The van der Waals surface area contributed by atoms with Crippen molar-refractivity contribution in [1.82, 2.24) is 10.2 Å². The van der Waals surface area contributed by atoms with E-state index in [2.05, 4.69) is 29.6 Å². The first kappa shape index (κ1) is 23.4. The number of piperidine rings is 1. The highest BCUT2D eigenvalue weighted by Crippen LogP contribution is 2.52. The Morgan fingerprint density at radius 2 is 1.63 bits per heavy atom. The van der Waals surface area contributed by atoms with E-state index in [0.29, 0.717) is 19.5 Å².